The van der Waals surface area contributed by atoms with Gasteiger partial charge in [-0.1, -0.05) is 30.3 Å². The summed E-state index contributed by atoms with van der Waals surface area (Å²) in [5, 5.41) is 3.22. The molecule has 1 fully saturated rings. The van der Waals surface area contributed by atoms with Crippen LogP contribution < -0.4 is 5.32 Å². The van der Waals surface area contributed by atoms with Crippen molar-refractivity contribution in [2.24, 2.45) is 0 Å². The van der Waals surface area contributed by atoms with Crippen LogP contribution in [0.4, 0.5) is 0 Å². The first-order valence-corrected chi connectivity index (χ1v) is 5.29. The molecule has 82 valence electrons. The number of benzene rings is 1. The van der Waals surface area contributed by atoms with E-state index in [0.29, 0.717) is 19.8 Å². The van der Waals surface area contributed by atoms with E-state index < -0.39 is 0 Å². The average Bonchev–Trinajstić information content (AvgIpc) is 2.32. The highest BCUT2D eigenvalue weighted by atomic mass is 16.6. The van der Waals surface area contributed by atoms with Gasteiger partial charge in [-0.25, -0.2) is 0 Å². The van der Waals surface area contributed by atoms with E-state index in [0.717, 1.165) is 6.42 Å². The molecule has 1 unspecified atom stereocenters. The topological polar surface area (TPSA) is 30.5 Å². The Morgan fingerprint density at radius 2 is 2.07 bits per heavy atom. The van der Waals surface area contributed by atoms with E-state index in [1.807, 2.05) is 25.2 Å². The van der Waals surface area contributed by atoms with Crippen molar-refractivity contribution in [1.29, 1.82) is 0 Å². The Morgan fingerprint density at radius 3 is 2.67 bits per heavy atom. The summed E-state index contributed by atoms with van der Waals surface area (Å²) in [7, 11) is 1.91. The van der Waals surface area contributed by atoms with Gasteiger partial charge in [0.25, 0.3) is 0 Å². The predicted octanol–water partition coefficient (Wildman–Crippen LogP) is 1.19. The Balaban J connectivity index is 2.07. The summed E-state index contributed by atoms with van der Waals surface area (Å²) in [5.41, 5.74) is 0.914. The van der Waals surface area contributed by atoms with Gasteiger partial charge in [-0.15, -0.1) is 0 Å². The van der Waals surface area contributed by atoms with Gasteiger partial charge in [-0.3, -0.25) is 5.32 Å². The second-order valence-corrected chi connectivity index (χ2v) is 3.81. The molecule has 0 bridgehead atoms. The van der Waals surface area contributed by atoms with Crippen LogP contribution in [0.15, 0.2) is 30.3 Å². The van der Waals surface area contributed by atoms with Crippen molar-refractivity contribution in [3.05, 3.63) is 35.9 Å². The van der Waals surface area contributed by atoms with E-state index in [4.69, 9.17) is 9.47 Å². The van der Waals surface area contributed by atoms with E-state index >= 15 is 0 Å². The summed E-state index contributed by atoms with van der Waals surface area (Å²) in [5.74, 6) is 0. The van der Waals surface area contributed by atoms with Gasteiger partial charge in [-0.05, 0) is 12.6 Å². The van der Waals surface area contributed by atoms with Crippen molar-refractivity contribution in [3.8, 4) is 0 Å². The van der Waals surface area contributed by atoms with Gasteiger partial charge in [0.15, 0.2) is 0 Å². The monoisotopic (exact) mass is 207 g/mol. The van der Waals surface area contributed by atoms with Gasteiger partial charge in [0.05, 0.1) is 19.8 Å². The lowest BCUT2D eigenvalue weighted by Crippen LogP contribution is -2.54. The highest BCUT2D eigenvalue weighted by Gasteiger charge is 2.32. The zero-order chi connectivity index (χ0) is 10.6. The summed E-state index contributed by atoms with van der Waals surface area (Å²) in [6.07, 6.45) is 0.838. The van der Waals surface area contributed by atoms with Crippen molar-refractivity contribution in [2.45, 2.75) is 12.1 Å². The first kappa shape index (κ1) is 10.6. The normalized spacial score (nSPS) is 26.5. The second-order valence-electron chi connectivity index (χ2n) is 3.81. The molecule has 2 rings (SSSR count). The fourth-order valence-corrected chi connectivity index (χ4v) is 1.84. The maximum absolute atomic E-state index is 5.78. The third kappa shape index (κ3) is 2.56. The molecule has 0 radical (unpaired) electrons. The molecule has 1 heterocycles. The van der Waals surface area contributed by atoms with Gasteiger partial charge >= 0.3 is 0 Å². The van der Waals surface area contributed by atoms with Crippen molar-refractivity contribution in [3.63, 3.8) is 0 Å². The van der Waals surface area contributed by atoms with Gasteiger partial charge in [0.1, 0.15) is 5.72 Å². The molecule has 1 N–H and O–H groups in total. The van der Waals surface area contributed by atoms with Crippen LogP contribution in [0, 0.1) is 0 Å². The molecule has 0 saturated carbocycles. The number of nitrogens with one attached hydrogen (secondary N) is 1. The van der Waals surface area contributed by atoms with Gasteiger partial charge < -0.3 is 9.47 Å². The number of likely N-dealkylation sites (N-methyl/N-ethyl adjacent to an activating group) is 1. The van der Waals surface area contributed by atoms with Crippen LogP contribution in [0.1, 0.15) is 5.56 Å². The average molecular weight is 207 g/mol. The SMILES string of the molecule is CNC1(Cc2ccccc2)COCCO1. The summed E-state index contributed by atoms with van der Waals surface area (Å²) >= 11 is 0. The number of hydrogen-bond acceptors (Lipinski definition) is 3. The molecule has 1 aromatic rings. The van der Waals surface area contributed by atoms with Crippen molar-refractivity contribution < 1.29 is 9.47 Å². The summed E-state index contributed by atoms with van der Waals surface area (Å²) in [6, 6.07) is 10.3. The largest absolute Gasteiger partial charge is 0.375 e. The molecular weight excluding hydrogens is 190 g/mol. The first-order chi connectivity index (χ1) is 7.35. The van der Waals surface area contributed by atoms with Crippen molar-refractivity contribution in [1.82, 2.24) is 5.32 Å². The molecule has 1 aliphatic rings. The molecule has 1 aromatic carbocycles. The van der Waals surface area contributed by atoms with Crippen molar-refractivity contribution >= 4 is 0 Å². The number of ether oxygens (including phenoxy) is 2. The fraction of sp³-hybridized carbons (Fsp3) is 0.500. The van der Waals surface area contributed by atoms with Crippen LogP contribution in [0.3, 0.4) is 0 Å². The summed E-state index contributed by atoms with van der Waals surface area (Å²) in [6.45, 7) is 1.96. The third-order valence-electron chi connectivity index (χ3n) is 2.73. The predicted molar refractivity (Wildman–Crippen MR) is 58.7 cm³/mol. The van der Waals surface area contributed by atoms with Gasteiger partial charge in [0.2, 0.25) is 0 Å². The minimum atomic E-state index is -0.348. The zero-order valence-corrected chi connectivity index (χ0v) is 9.03. The first-order valence-electron chi connectivity index (χ1n) is 5.29. The quantitative estimate of drug-likeness (QED) is 0.807. The third-order valence-corrected chi connectivity index (χ3v) is 2.73. The fourth-order valence-electron chi connectivity index (χ4n) is 1.84. The van der Waals surface area contributed by atoms with E-state index in [9.17, 15) is 0 Å². The highest BCUT2D eigenvalue weighted by molar-refractivity contribution is 5.17. The summed E-state index contributed by atoms with van der Waals surface area (Å²) in [4.78, 5) is 0. The van der Waals surface area contributed by atoms with E-state index in [1.54, 1.807) is 0 Å². The molecule has 15 heavy (non-hydrogen) atoms. The summed E-state index contributed by atoms with van der Waals surface area (Å²) < 4.78 is 11.2. The second kappa shape index (κ2) is 4.75. The van der Waals surface area contributed by atoms with Crippen LogP contribution in [0.2, 0.25) is 0 Å². The lowest BCUT2D eigenvalue weighted by molar-refractivity contribution is -0.170. The van der Waals surface area contributed by atoms with Crippen LogP contribution in [-0.4, -0.2) is 32.6 Å². The Labute approximate surface area is 90.4 Å². The molecule has 1 aliphatic heterocycles. The van der Waals surface area contributed by atoms with Gasteiger partial charge in [0, 0.05) is 6.42 Å². The molecule has 0 aromatic heterocycles. The lowest BCUT2D eigenvalue weighted by Gasteiger charge is -2.36. The van der Waals surface area contributed by atoms with E-state index in [1.165, 1.54) is 5.56 Å². The number of rotatable bonds is 3. The molecule has 1 atom stereocenters. The molecule has 0 amide bonds. The van der Waals surface area contributed by atoms with Crippen LogP contribution in [-0.2, 0) is 15.9 Å². The van der Waals surface area contributed by atoms with Crippen LogP contribution in [0.5, 0.6) is 0 Å². The smallest absolute Gasteiger partial charge is 0.146 e. The molecule has 1 saturated heterocycles. The minimum Gasteiger partial charge on any atom is -0.375 e. The number of hydrogen-bond donors (Lipinski definition) is 1. The molecule has 3 nitrogen and oxygen atoms in total. The molecule has 3 heteroatoms. The molecule has 0 aliphatic carbocycles. The highest BCUT2D eigenvalue weighted by Crippen LogP contribution is 2.18. The van der Waals surface area contributed by atoms with Crippen LogP contribution >= 0.6 is 0 Å². The Hall–Kier alpha value is -0.900. The van der Waals surface area contributed by atoms with Crippen molar-refractivity contribution in [2.75, 3.05) is 26.9 Å². The molecule has 0 spiro atoms. The Bertz CT molecular complexity index is 294. The molecular formula is C12H17NO2. The van der Waals surface area contributed by atoms with Crippen LogP contribution in [0.25, 0.3) is 0 Å². The van der Waals surface area contributed by atoms with E-state index in [-0.39, 0.29) is 5.72 Å². The maximum atomic E-state index is 5.78. The Morgan fingerprint density at radius 1 is 1.27 bits per heavy atom. The minimum absolute atomic E-state index is 0.348. The lowest BCUT2D eigenvalue weighted by atomic mass is 10.0. The zero-order valence-electron chi connectivity index (χ0n) is 9.03. The van der Waals surface area contributed by atoms with E-state index in [2.05, 4.69) is 17.4 Å². The maximum Gasteiger partial charge on any atom is 0.146 e. The van der Waals surface area contributed by atoms with Gasteiger partial charge in [-0.2, -0.15) is 0 Å². The standard InChI is InChI=1S/C12H17NO2/c1-13-12(10-14-7-8-15-12)9-11-5-3-2-4-6-11/h2-6,13H,7-10H2,1H3. The Kier molecular flexibility index (Phi) is 3.36.